The molecule has 0 aliphatic carbocycles. The van der Waals surface area contributed by atoms with Gasteiger partial charge < -0.3 is 24.4 Å². The van der Waals surface area contributed by atoms with E-state index in [-0.39, 0.29) is 49.5 Å². The number of furan rings is 2. The third-order valence-electron chi connectivity index (χ3n) is 3.22. The fourth-order valence-electron chi connectivity index (χ4n) is 1.93. The van der Waals surface area contributed by atoms with E-state index < -0.39 is 0 Å². The Morgan fingerprint density at radius 3 is 2.50 bits per heavy atom. The van der Waals surface area contributed by atoms with Crippen molar-refractivity contribution in [2.24, 2.45) is 0 Å². The van der Waals surface area contributed by atoms with Crippen LogP contribution in [0.5, 0.6) is 0 Å². The lowest BCUT2D eigenvalue weighted by atomic mass is 10.3. The minimum absolute atomic E-state index is 0.0638. The fourth-order valence-corrected chi connectivity index (χ4v) is 1.93. The summed E-state index contributed by atoms with van der Waals surface area (Å²) in [7, 11) is 1.53. The Morgan fingerprint density at radius 2 is 1.83 bits per heavy atom. The molecule has 0 atom stereocenters. The number of likely N-dealkylation sites (N-methyl/N-ethyl adjacent to an activating group) is 1. The van der Waals surface area contributed by atoms with Crippen molar-refractivity contribution in [1.29, 1.82) is 0 Å². The molecule has 8 heteroatoms. The zero-order valence-electron chi connectivity index (χ0n) is 13.3. The van der Waals surface area contributed by atoms with Crippen molar-refractivity contribution in [3.8, 4) is 0 Å². The van der Waals surface area contributed by atoms with Crippen LogP contribution < -0.4 is 10.6 Å². The Hall–Kier alpha value is -3.03. The van der Waals surface area contributed by atoms with Gasteiger partial charge in [0.1, 0.15) is 5.76 Å². The molecule has 2 heterocycles. The largest absolute Gasteiger partial charge is 0.467 e. The molecule has 2 N–H and O–H groups in total. The summed E-state index contributed by atoms with van der Waals surface area (Å²) in [6.45, 7) is 0.370. The third-order valence-corrected chi connectivity index (χ3v) is 3.22. The molecule has 2 rings (SSSR count). The summed E-state index contributed by atoms with van der Waals surface area (Å²) >= 11 is 0. The van der Waals surface area contributed by atoms with E-state index in [4.69, 9.17) is 8.83 Å². The van der Waals surface area contributed by atoms with Gasteiger partial charge in [0.05, 0.1) is 25.6 Å². The molecule has 24 heavy (non-hydrogen) atoms. The van der Waals surface area contributed by atoms with Crippen LogP contribution in [0.25, 0.3) is 0 Å². The highest BCUT2D eigenvalue weighted by Gasteiger charge is 2.14. The average molecular weight is 333 g/mol. The predicted octanol–water partition coefficient (Wildman–Crippen LogP) is 0.767. The maximum absolute atomic E-state index is 11.9. The standard InChI is InChI=1S/C16H19N3O5/c1-19(11-14(20)18-10-12-4-2-8-23-12)15(21)6-7-17-16(22)13-5-3-9-24-13/h2-5,8-9H,6-7,10-11H2,1H3,(H,17,22)(H,18,20). The summed E-state index contributed by atoms with van der Waals surface area (Å²) in [5, 5.41) is 5.23. The van der Waals surface area contributed by atoms with Crippen LogP contribution in [-0.2, 0) is 16.1 Å². The molecule has 0 aromatic carbocycles. The monoisotopic (exact) mass is 333 g/mol. The first-order valence-corrected chi connectivity index (χ1v) is 7.41. The molecule has 0 fully saturated rings. The lowest BCUT2D eigenvalue weighted by Crippen LogP contribution is -2.39. The number of carbonyl (C=O) groups is 3. The zero-order chi connectivity index (χ0) is 17.4. The SMILES string of the molecule is CN(CC(=O)NCc1ccco1)C(=O)CCNC(=O)c1ccco1. The van der Waals surface area contributed by atoms with E-state index in [1.54, 1.807) is 18.2 Å². The highest BCUT2D eigenvalue weighted by Crippen LogP contribution is 2.00. The van der Waals surface area contributed by atoms with Gasteiger partial charge in [-0.3, -0.25) is 14.4 Å². The number of nitrogens with zero attached hydrogens (tertiary/aromatic N) is 1. The lowest BCUT2D eigenvalue weighted by Gasteiger charge is -2.16. The molecule has 0 aliphatic rings. The molecule has 2 aromatic heterocycles. The van der Waals surface area contributed by atoms with Crippen LogP contribution in [0, 0.1) is 0 Å². The van der Waals surface area contributed by atoms with E-state index >= 15 is 0 Å². The maximum atomic E-state index is 11.9. The Kier molecular flexibility index (Phi) is 6.18. The Labute approximate surface area is 138 Å². The van der Waals surface area contributed by atoms with Crippen molar-refractivity contribution in [2.75, 3.05) is 20.1 Å². The number of amides is 3. The van der Waals surface area contributed by atoms with Gasteiger partial charge in [-0.05, 0) is 24.3 Å². The topological polar surface area (TPSA) is 105 Å². The number of nitrogens with one attached hydrogen (secondary N) is 2. The number of hydrogen-bond acceptors (Lipinski definition) is 5. The van der Waals surface area contributed by atoms with E-state index in [0.29, 0.717) is 5.76 Å². The quantitative estimate of drug-likeness (QED) is 0.742. The average Bonchev–Trinajstić information content (AvgIpc) is 3.25. The van der Waals surface area contributed by atoms with Crippen LogP contribution in [0.4, 0.5) is 0 Å². The molecule has 0 unspecified atom stereocenters. The Balaban J connectivity index is 1.64. The minimum Gasteiger partial charge on any atom is -0.467 e. The van der Waals surface area contributed by atoms with E-state index in [1.807, 2.05) is 0 Å². The summed E-state index contributed by atoms with van der Waals surface area (Å²) in [6, 6.07) is 6.62. The van der Waals surface area contributed by atoms with Crippen molar-refractivity contribution < 1.29 is 23.2 Å². The highest BCUT2D eigenvalue weighted by molar-refractivity contribution is 5.91. The lowest BCUT2D eigenvalue weighted by molar-refractivity contribution is -0.134. The Bertz CT molecular complexity index is 664. The van der Waals surface area contributed by atoms with Gasteiger partial charge in [-0.2, -0.15) is 0 Å². The van der Waals surface area contributed by atoms with Gasteiger partial charge in [0.25, 0.3) is 5.91 Å². The molecule has 0 saturated heterocycles. The fraction of sp³-hybridized carbons (Fsp3) is 0.312. The molecular weight excluding hydrogens is 314 g/mol. The molecule has 3 amide bonds. The van der Waals surface area contributed by atoms with E-state index in [1.165, 1.54) is 30.5 Å². The second-order valence-electron chi connectivity index (χ2n) is 5.09. The molecular formula is C16H19N3O5. The number of hydrogen-bond donors (Lipinski definition) is 2. The molecule has 0 spiro atoms. The number of carbonyl (C=O) groups excluding carboxylic acids is 3. The van der Waals surface area contributed by atoms with Crippen LogP contribution in [0.2, 0.25) is 0 Å². The summed E-state index contributed by atoms with van der Waals surface area (Å²) in [5.74, 6) is -0.0949. The molecule has 128 valence electrons. The first-order valence-electron chi connectivity index (χ1n) is 7.41. The van der Waals surface area contributed by atoms with Gasteiger partial charge in [0, 0.05) is 20.0 Å². The van der Waals surface area contributed by atoms with Gasteiger partial charge >= 0.3 is 0 Å². The first kappa shape index (κ1) is 17.3. The van der Waals surface area contributed by atoms with Crippen LogP contribution in [0.3, 0.4) is 0 Å². The maximum Gasteiger partial charge on any atom is 0.286 e. The normalized spacial score (nSPS) is 10.2. The van der Waals surface area contributed by atoms with Crippen LogP contribution in [0.1, 0.15) is 22.7 Å². The van der Waals surface area contributed by atoms with Crippen molar-refractivity contribution in [3.05, 3.63) is 48.3 Å². The van der Waals surface area contributed by atoms with Gasteiger partial charge in [0.15, 0.2) is 5.76 Å². The summed E-state index contributed by atoms with van der Waals surface area (Å²) in [5.41, 5.74) is 0. The summed E-state index contributed by atoms with van der Waals surface area (Å²) in [6.07, 6.45) is 3.01. The summed E-state index contributed by atoms with van der Waals surface area (Å²) < 4.78 is 10.0. The van der Waals surface area contributed by atoms with Gasteiger partial charge in [-0.1, -0.05) is 0 Å². The molecule has 0 bridgehead atoms. The molecule has 2 aromatic rings. The van der Waals surface area contributed by atoms with Crippen LogP contribution in [0.15, 0.2) is 45.6 Å². The van der Waals surface area contributed by atoms with Gasteiger partial charge in [0.2, 0.25) is 11.8 Å². The third kappa shape index (κ3) is 5.31. The van der Waals surface area contributed by atoms with E-state index in [9.17, 15) is 14.4 Å². The van der Waals surface area contributed by atoms with Crippen molar-refractivity contribution in [3.63, 3.8) is 0 Å². The molecule has 0 radical (unpaired) electrons. The highest BCUT2D eigenvalue weighted by atomic mass is 16.3. The summed E-state index contributed by atoms with van der Waals surface area (Å²) in [4.78, 5) is 36.6. The molecule has 0 aliphatic heterocycles. The van der Waals surface area contributed by atoms with Gasteiger partial charge in [-0.25, -0.2) is 0 Å². The van der Waals surface area contributed by atoms with Crippen LogP contribution in [-0.4, -0.2) is 42.8 Å². The minimum atomic E-state index is -0.383. The van der Waals surface area contributed by atoms with Gasteiger partial charge in [-0.15, -0.1) is 0 Å². The first-order chi connectivity index (χ1) is 11.6. The second kappa shape index (κ2) is 8.56. The molecule has 0 saturated carbocycles. The zero-order valence-corrected chi connectivity index (χ0v) is 13.3. The van der Waals surface area contributed by atoms with Crippen molar-refractivity contribution >= 4 is 17.7 Å². The second-order valence-corrected chi connectivity index (χ2v) is 5.09. The number of rotatable bonds is 8. The van der Waals surface area contributed by atoms with E-state index in [0.717, 1.165) is 0 Å². The van der Waals surface area contributed by atoms with Crippen molar-refractivity contribution in [1.82, 2.24) is 15.5 Å². The predicted molar refractivity (Wildman–Crippen MR) is 83.8 cm³/mol. The van der Waals surface area contributed by atoms with Crippen LogP contribution >= 0.6 is 0 Å². The Morgan fingerprint density at radius 1 is 1.08 bits per heavy atom. The van der Waals surface area contributed by atoms with E-state index in [2.05, 4.69) is 10.6 Å². The molecule has 8 nitrogen and oxygen atoms in total. The smallest absolute Gasteiger partial charge is 0.286 e. The van der Waals surface area contributed by atoms with Crippen molar-refractivity contribution in [2.45, 2.75) is 13.0 Å².